The number of amides is 1. The number of carbonyl (C=O) groups is 2. The van der Waals surface area contributed by atoms with Crippen molar-refractivity contribution in [2.24, 2.45) is 0 Å². The highest BCUT2D eigenvalue weighted by Gasteiger charge is 2.37. The Labute approximate surface area is 183 Å². The van der Waals surface area contributed by atoms with Crippen LogP contribution in [0.25, 0.3) is 5.69 Å². The number of aromatic carboxylic acids is 1. The molecule has 160 valence electrons. The van der Waals surface area contributed by atoms with E-state index in [1.165, 1.54) is 21.7 Å². The molecule has 1 amide bonds. The minimum absolute atomic E-state index is 0.138. The van der Waals surface area contributed by atoms with Gasteiger partial charge in [-0.1, -0.05) is 28.1 Å². The van der Waals surface area contributed by atoms with Crippen LogP contribution in [-0.2, 0) is 19.1 Å². The van der Waals surface area contributed by atoms with Gasteiger partial charge in [-0.3, -0.25) is 4.79 Å². The molecular weight excluding hydrogens is 479 g/mol. The first kappa shape index (κ1) is 21.1. The number of fused-ring (bicyclic) bond motifs is 1. The largest absolute Gasteiger partial charge is 0.476 e. The van der Waals surface area contributed by atoms with E-state index in [-0.39, 0.29) is 25.2 Å². The molecule has 1 aromatic heterocycles. The summed E-state index contributed by atoms with van der Waals surface area (Å²) >= 11 is 3.34. The van der Waals surface area contributed by atoms with Crippen molar-refractivity contribution in [3.05, 3.63) is 81.1 Å². The van der Waals surface area contributed by atoms with Crippen molar-refractivity contribution in [3.8, 4) is 5.69 Å². The van der Waals surface area contributed by atoms with E-state index in [1.54, 1.807) is 24.3 Å². The van der Waals surface area contributed by atoms with Crippen LogP contribution in [0.3, 0.4) is 0 Å². The standard InChI is InChI=1S/C21H15BrF3N3O3/c22-12-5-7-13(8-6-12)28-17-9-10-27(11-15(17)18(26-28)20(30)31)19(29)14-3-1-2-4-16(14)21(23,24)25/h1-8H,9-11H2,(H,30,31). The first-order chi connectivity index (χ1) is 14.7. The van der Waals surface area contributed by atoms with Crippen molar-refractivity contribution in [2.45, 2.75) is 19.1 Å². The number of carboxylic acid groups (broad SMARTS) is 1. The lowest BCUT2D eigenvalue weighted by atomic mass is 10.0. The molecule has 0 fully saturated rings. The zero-order chi connectivity index (χ0) is 22.3. The Hall–Kier alpha value is -3.14. The molecule has 0 bridgehead atoms. The topological polar surface area (TPSA) is 75.4 Å². The first-order valence-corrected chi connectivity index (χ1v) is 10.0. The van der Waals surface area contributed by atoms with Gasteiger partial charge in [-0.25, -0.2) is 9.48 Å². The van der Waals surface area contributed by atoms with E-state index in [1.807, 2.05) is 0 Å². The number of hydrogen-bond acceptors (Lipinski definition) is 3. The van der Waals surface area contributed by atoms with E-state index >= 15 is 0 Å². The van der Waals surface area contributed by atoms with Crippen LogP contribution in [0.2, 0.25) is 0 Å². The third-order valence-corrected chi connectivity index (χ3v) is 5.61. The van der Waals surface area contributed by atoms with Crippen molar-refractivity contribution < 1.29 is 27.9 Å². The van der Waals surface area contributed by atoms with E-state index < -0.39 is 29.2 Å². The average molecular weight is 494 g/mol. The van der Waals surface area contributed by atoms with Crippen LogP contribution in [0, 0.1) is 0 Å². The van der Waals surface area contributed by atoms with Gasteiger partial charge >= 0.3 is 12.1 Å². The summed E-state index contributed by atoms with van der Waals surface area (Å²) < 4.78 is 42.4. The maximum atomic E-state index is 13.3. The van der Waals surface area contributed by atoms with Crippen molar-refractivity contribution in [3.63, 3.8) is 0 Å². The average Bonchev–Trinajstić information content (AvgIpc) is 3.12. The van der Waals surface area contributed by atoms with E-state index in [2.05, 4.69) is 21.0 Å². The maximum Gasteiger partial charge on any atom is 0.417 e. The van der Waals surface area contributed by atoms with Gasteiger partial charge in [0.2, 0.25) is 0 Å². The molecule has 0 saturated heterocycles. The van der Waals surface area contributed by atoms with E-state index in [4.69, 9.17) is 0 Å². The predicted molar refractivity (Wildman–Crippen MR) is 108 cm³/mol. The summed E-state index contributed by atoms with van der Waals surface area (Å²) in [5.41, 5.74) is -0.119. The van der Waals surface area contributed by atoms with Crippen LogP contribution < -0.4 is 0 Å². The van der Waals surface area contributed by atoms with Crippen molar-refractivity contribution in [1.82, 2.24) is 14.7 Å². The SMILES string of the molecule is O=C(O)c1nn(-c2ccc(Br)cc2)c2c1CN(C(=O)c1ccccc1C(F)(F)F)CC2. The molecule has 0 atom stereocenters. The fraction of sp³-hybridized carbons (Fsp3) is 0.190. The molecule has 6 nitrogen and oxygen atoms in total. The van der Waals surface area contributed by atoms with Gasteiger partial charge in [0.25, 0.3) is 5.91 Å². The van der Waals surface area contributed by atoms with E-state index in [0.717, 1.165) is 16.6 Å². The fourth-order valence-corrected chi connectivity index (χ4v) is 3.91. The molecule has 1 aliphatic rings. The molecule has 0 saturated carbocycles. The lowest BCUT2D eigenvalue weighted by Crippen LogP contribution is -2.37. The molecule has 31 heavy (non-hydrogen) atoms. The maximum absolute atomic E-state index is 13.3. The van der Waals surface area contributed by atoms with Gasteiger partial charge in [0, 0.05) is 23.0 Å². The number of hydrogen-bond donors (Lipinski definition) is 1. The van der Waals surface area contributed by atoms with Gasteiger partial charge in [0.15, 0.2) is 5.69 Å². The van der Waals surface area contributed by atoms with Crippen LogP contribution in [0.4, 0.5) is 13.2 Å². The molecule has 4 rings (SSSR count). The van der Waals surface area contributed by atoms with Gasteiger partial charge < -0.3 is 10.0 Å². The first-order valence-electron chi connectivity index (χ1n) is 9.22. The minimum Gasteiger partial charge on any atom is -0.476 e. The Kier molecular flexibility index (Phi) is 5.34. The summed E-state index contributed by atoms with van der Waals surface area (Å²) in [6.07, 6.45) is -4.42. The van der Waals surface area contributed by atoms with Crippen LogP contribution in [-0.4, -0.2) is 38.2 Å². The third-order valence-electron chi connectivity index (χ3n) is 5.08. The third kappa shape index (κ3) is 3.95. The Morgan fingerprint density at radius 1 is 1.06 bits per heavy atom. The normalized spacial score (nSPS) is 13.7. The highest BCUT2D eigenvalue weighted by Crippen LogP contribution is 2.33. The monoisotopic (exact) mass is 493 g/mol. The second-order valence-corrected chi connectivity index (χ2v) is 7.90. The molecule has 0 radical (unpaired) electrons. The molecule has 0 unspecified atom stereocenters. The Morgan fingerprint density at radius 3 is 2.39 bits per heavy atom. The molecule has 0 spiro atoms. The molecule has 0 aliphatic carbocycles. The van der Waals surface area contributed by atoms with Gasteiger partial charge in [-0.2, -0.15) is 18.3 Å². The number of carbonyl (C=O) groups excluding carboxylic acids is 1. The number of alkyl halides is 3. The summed E-state index contributed by atoms with van der Waals surface area (Å²) in [4.78, 5) is 25.9. The van der Waals surface area contributed by atoms with Gasteiger partial charge in [-0.05, 0) is 36.4 Å². The number of carboxylic acids is 1. The van der Waals surface area contributed by atoms with E-state index in [9.17, 15) is 27.9 Å². The minimum atomic E-state index is -4.67. The summed E-state index contributed by atoms with van der Waals surface area (Å²) in [7, 11) is 0. The van der Waals surface area contributed by atoms with Crippen LogP contribution >= 0.6 is 15.9 Å². The molecule has 3 aromatic rings. The zero-order valence-corrected chi connectivity index (χ0v) is 17.4. The lowest BCUT2D eigenvalue weighted by Gasteiger charge is -2.28. The Bertz CT molecular complexity index is 1170. The Balaban J connectivity index is 1.72. The second-order valence-electron chi connectivity index (χ2n) is 6.99. The van der Waals surface area contributed by atoms with Gasteiger partial charge in [-0.15, -0.1) is 0 Å². The molecule has 2 heterocycles. The number of aromatic nitrogens is 2. The van der Waals surface area contributed by atoms with Crippen LogP contribution in [0.1, 0.15) is 37.7 Å². The van der Waals surface area contributed by atoms with Crippen LogP contribution in [0.5, 0.6) is 0 Å². The molecular formula is C21H15BrF3N3O3. The summed E-state index contributed by atoms with van der Waals surface area (Å²) in [5, 5.41) is 13.8. The number of rotatable bonds is 3. The zero-order valence-electron chi connectivity index (χ0n) is 15.9. The number of halogens is 4. The highest BCUT2D eigenvalue weighted by molar-refractivity contribution is 9.10. The molecule has 1 aliphatic heterocycles. The van der Waals surface area contributed by atoms with Crippen molar-refractivity contribution in [1.29, 1.82) is 0 Å². The summed E-state index contributed by atoms with van der Waals surface area (Å²) in [6, 6.07) is 11.7. The van der Waals surface area contributed by atoms with Gasteiger partial charge in [0.05, 0.1) is 29.1 Å². The predicted octanol–water partition coefficient (Wildman–Crippen LogP) is 4.55. The molecule has 10 heteroatoms. The fourth-order valence-electron chi connectivity index (χ4n) is 3.65. The molecule has 2 aromatic carbocycles. The molecule has 1 N–H and O–H groups in total. The summed E-state index contributed by atoms with van der Waals surface area (Å²) in [5.74, 6) is -2.07. The summed E-state index contributed by atoms with van der Waals surface area (Å²) in [6.45, 7) is -0.00216. The number of benzene rings is 2. The highest BCUT2D eigenvalue weighted by atomic mass is 79.9. The quantitative estimate of drug-likeness (QED) is 0.580. The smallest absolute Gasteiger partial charge is 0.417 e. The second kappa shape index (κ2) is 7.84. The van der Waals surface area contributed by atoms with E-state index in [0.29, 0.717) is 16.9 Å². The Morgan fingerprint density at radius 2 is 1.74 bits per heavy atom. The lowest BCUT2D eigenvalue weighted by molar-refractivity contribution is -0.138. The van der Waals surface area contributed by atoms with Crippen LogP contribution in [0.15, 0.2) is 53.0 Å². The van der Waals surface area contributed by atoms with Crippen molar-refractivity contribution in [2.75, 3.05) is 6.54 Å². The van der Waals surface area contributed by atoms with Gasteiger partial charge in [0.1, 0.15) is 0 Å². The number of nitrogens with zero attached hydrogens (tertiary/aromatic N) is 3. The van der Waals surface area contributed by atoms with Crippen molar-refractivity contribution >= 4 is 27.8 Å².